The van der Waals surface area contributed by atoms with Gasteiger partial charge in [0.15, 0.2) is 0 Å². The molecule has 1 amide bonds. The summed E-state index contributed by atoms with van der Waals surface area (Å²) in [6.07, 6.45) is 1.20. The van der Waals surface area contributed by atoms with Gasteiger partial charge < -0.3 is 9.42 Å². The highest BCUT2D eigenvalue weighted by atomic mass is 79.9. The van der Waals surface area contributed by atoms with E-state index >= 15 is 0 Å². The summed E-state index contributed by atoms with van der Waals surface area (Å²) in [7, 11) is 0. The summed E-state index contributed by atoms with van der Waals surface area (Å²) in [4.78, 5) is 18.7. The second-order valence-electron chi connectivity index (χ2n) is 6.58. The number of benzene rings is 2. The van der Waals surface area contributed by atoms with E-state index in [1.807, 2.05) is 53.4 Å². The minimum Gasteiger partial charge on any atom is -0.342 e. The average molecular weight is 447 g/mol. The second-order valence-corrected chi connectivity index (χ2v) is 7.94. The standard InChI is InChI=1S/C20H17BrClN3O2/c21-16-3-1-2-14(10-16)19-23-20(27-24-19)15-11-18(26)25(12-15)9-8-13-4-6-17(22)7-5-13/h1-7,10,15H,8-9,11-12H2. The van der Waals surface area contributed by atoms with Crippen LogP contribution in [0.3, 0.4) is 0 Å². The molecule has 4 rings (SSSR count). The van der Waals surface area contributed by atoms with E-state index in [1.54, 1.807) is 0 Å². The third-order valence-electron chi connectivity index (χ3n) is 4.67. The van der Waals surface area contributed by atoms with Crippen molar-refractivity contribution in [3.05, 3.63) is 69.5 Å². The van der Waals surface area contributed by atoms with Gasteiger partial charge in [-0.3, -0.25) is 4.79 Å². The van der Waals surface area contributed by atoms with E-state index in [0.717, 1.165) is 22.0 Å². The highest BCUT2D eigenvalue weighted by Gasteiger charge is 2.34. The summed E-state index contributed by atoms with van der Waals surface area (Å²) in [6, 6.07) is 15.4. The molecule has 0 saturated carbocycles. The quantitative estimate of drug-likeness (QED) is 0.569. The number of likely N-dealkylation sites (tertiary alicyclic amines) is 1. The van der Waals surface area contributed by atoms with Crippen LogP contribution >= 0.6 is 27.5 Å². The fourth-order valence-electron chi connectivity index (χ4n) is 3.21. The molecule has 138 valence electrons. The maximum absolute atomic E-state index is 12.4. The van der Waals surface area contributed by atoms with E-state index < -0.39 is 0 Å². The number of halogens is 2. The Morgan fingerprint density at radius 3 is 2.81 bits per heavy atom. The normalized spacial score (nSPS) is 16.9. The third-order valence-corrected chi connectivity index (χ3v) is 5.42. The van der Waals surface area contributed by atoms with Gasteiger partial charge in [0.05, 0.1) is 5.92 Å². The fraction of sp³-hybridized carbons (Fsp3) is 0.250. The lowest BCUT2D eigenvalue weighted by Gasteiger charge is -2.15. The first-order valence-corrected chi connectivity index (χ1v) is 9.87. The zero-order valence-corrected chi connectivity index (χ0v) is 16.8. The van der Waals surface area contributed by atoms with E-state index in [2.05, 4.69) is 26.1 Å². The number of carbonyl (C=O) groups is 1. The summed E-state index contributed by atoms with van der Waals surface area (Å²) in [5, 5.41) is 4.79. The van der Waals surface area contributed by atoms with Gasteiger partial charge in [0.2, 0.25) is 17.6 Å². The second kappa shape index (κ2) is 7.82. The van der Waals surface area contributed by atoms with Crippen molar-refractivity contribution in [1.82, 2.24) is 15.0 Å². The van der Waals surface area contributed by atoms with Crippen LogP contribution in [0.4, 0.5) is 0 Å². The summed E-state index contributed by atoms with van der Waals surface area (Å²) >= 11 is 9.36. The Kier molecular flexibility index (Phi) is 5.27. The number of hydrogen-bond donors (Lipinski definition) is 0. The highest BCUT2D eigenvalue weighted by Crippen LogP contribution is 2.29. The molecule has 1 aliphatic rings. The predicted molar refractivity (Wildman–Crippen MR) is 107 cm³/mol. The molecule has 2 aromatic carbocycles. The Hall–Kier alpha value is -2.18. The van der Waals surface area contributed by atoms with Gasteiger partial charge in [0, 0.05) is 34.6 Å². The molecule has 5 nitrogen and oxygen atoms in total. The van der Waals surface area contributed by atoms with Crippen LogP contribution in [-0.4, -0.2) is 34.0 Å². The number of rotatable bonds is 5. The fourth-order valence-corrected chi connectivity index (χ4v) is 3.74. The topological polar surface area (TPSA) is 59.2 Å². The van der Waals surface area contributed by atoms with Gasteiger partial charge in [-0.1, -0.05) is 57.0 Å². The van der Waals surface area contributed by atoms with Crippen LogP contribution in [0.2, 0.25) is 5.02 Å². The van der Waals surface area contributed by atoms with Crippen LogP contribution in [0.15, 0.2) is 57.5 Å². The number of carbonyl (C=O) groups excluding carboxylic acids is 1. The Morgan fingerprint density at radius 1 is 1.22 bits per heavy atom. The Bertz CT molecular complexity index is 958. The van der Waals surface area contributed by atoms with Crippen LogP contribution in [-0.2, 0) is 11.2 Å². The van der Waals surface area contributed by atoms with E-state index in [0.29, 0.717) is 36.2 Å². The Labute approximate surface area is 170 Å². The smallest absolute Gasteiger partial charge is 0.232 e. The van der Waals surface area contributed by atoms with Crippen molar-refractivity contribution < 1.29 is 9.32 Å². The van der Waals surface area contributed by atoms with Crippen molar-refractivity contribution in [3.63, 3.8) is 0 Å². The summed E-state index contributed by atoms with van der Waals surface area (Å²) in [5.41, 5.74) is 2.04. The molecule has 1 unspecified atom stereocenters. The molecule has 0 aliphatic carbocycles. The maximum Gasteiger partial charge on any atom is 0.232 e. The molecule has 0 spiro atoms. The van der Waals surface area contributed by atoms with Crippen LogP contribution in [0, 0.1) is 0 Å². The molecule has 0 radical (unpaired) electrons. The largest absolute Gasteiger partial charge is 0.342 e. The Balaban J connectivity index is 1.41. The molecular formula is C20H17BrClN3O2. The molecule has 2 heterocycles. The SMILES string of the molecule is O=C1CC(c2nc(-c3cccc(Br)c3)no2)CN1CCc1ccc(Cl)cc1. The highest BCUT2D eigenvalue weighted by molar-refractivity contribution is 9.10. The van der Waals surface area contributed by atoms with Crippen molar-refractivity contribution in [1.29, 1.82) is 0 Å². The van der Waals surface area contributed by atoms with Crippen molar-refractivity contribution in [3.8, 4) is 11.4 Å². The van der Waals surface area contributed by atoms with Crippen molar-refractivity contribution in [2.75, 3.05) is 13.1 Å². The molecule has 0 bridgehead atoms. The summed E-state index contributed by atoms with van der Waals surface area (Å²) in [5.74, 6) is 1.12. The molecule has 1 atom stereocenters. The first-order chi connectivity index (χ1) is 13.1. The van der Waals surface area contributed by atoms with E-state index in [-0.39, 0.29) is 11.8 Å². The average Bonchev–Trinajstić information content (AvgIpc) is 3.28. The molecule has 0 N–H and O–H groups in total. The summed E-state index contributed by atoms with van der Waals surface area (Å²) < 4.78 is 6.40. The lowest BCUT2D eigenvalue weighted by Crippen LogP contribution is -2.27. The van der Waals surface area contributed by atoms with Crippen LogP contribution < -0.4 is 0 Å². The van der Waals surface area contributed by atoms with E-state index in [9.17, 15) is 4.79 Å². The van der Waals surface area contributed by atoms with Gasteiger partial charge in [-0.25, -0.2) is 0 Å². The maximum atomic E-state index is 12.4. The molecule has 1 aromatic heterocycles. The number of nitrogens with zero attached hydrogens (tertiary/aromatic N) is 3. The van der Waals surface area contributed by atoms with E-state index in [4.69, 9.17) is 16.1 Å². The van der Waals surface area contributed by atoms with Gasteiger partial charge in [0.25, 0.3) is 0 Å². The van der Waals surface area contributed by atoms with Gasteiger partial charge in [0.1, 0.15) is 0 Å². The first kappa shape index (κ1) is 18.2. The monoisotopic (exact) mass is 445 g/mol. The third kappa shape index (κ3) is 4.22. The molecule has 1 saturated heterocycles. The number of hydrogen-bond acceptors (Lipinski definition) is 4. The molecule has 3 aromatic rings. The molecule has 1 fully saturated rings. The molecular weight excluding hydrogens is 430 g/mol. The van der Waals surface area contributed by atoms with Crippen molar-refractivity contribution >= 4 is 33.4 Å². The molecule has 1 aliphatic heterocycles. The van der Waals surface area contributed by atoms with Gasteiger partial charge >= 0.3 is 0 Å². The van der Waals surface area contributed by atoms with Crippen molar-refractivity contribution in [2.24, 2.45) is 0 Å². The van der Waals surface area contributed by atoms with Crippen molar-refractivity contribution in [2.45, 2.75) is 18.8 Å². The lowest BCUT2D eigenvalue weighted by molar-refractivity contribution is -0.127. The van der Waals surface area contributed by atoms with Gasteiger partial charge in [-0.15, -0.1) is 0 Å². The Morgan fingerprint density at radius 2 is 2.04 bits per heavy atom. The zero-order chi connectivity index (χ0) is 18.8. The van der Waals surface area contributed by atoms with Gasteiger partial charge in [-0.2, -0.15) is 4.98 Å². The van der Waals surface area contributed by atoms with E-state index in [1.165, 1.54) is 0 Å². The van der Waals surface area contributed by atoms with Crippen LogP contribution in [0.25, 0.3) is 11.4 Å². The van der Waals surface area contributed by atoms with Crippen LogP contribution in [0.1, 0.15) is 23.8 Å². The predicted octanol–water partition coefficient (Wildman–Crippen LogP) is 4.71. The number of amides is 1. The van der Waals surface area contributed by atoms with Crippen LogP contribution in [0.5, 0.6) is 0 Å². The van der Waals surface area contributed by atoms with Gasteiger partial charge in [-0.05, 0) is 36.2 Å². The lowest BCUT2D eigenvalue weighted by atomic mass is 10.1. The number of aromatic nitrogens is 2. The molecule has 7 heteroatoms. The molecule has 27 heavy (non-hydrogen) atoms. The zero-order valence-electron chi connectivity index (χ0n) is 14.4. The minimum atomic E-state index is -0.0591. The first-order valence-electron chi connectivity index (χ1n) is 8.70. The summed E-state index contributed by atoms with van der Waals surface area (Å²) in [6.45, 7) is 1.27. The minimum absolute atomic E-state index is 0.0591.